The molecule has 1 saturated heterocycles. The van der Waals surface area contributed by atoms with Gasteiger partial charge in [-0.05, 0) is 0 Å². The molecular weight excluding hydrogens is 264 g/mol. The first-order valence-electron chi connectivity index (χ1n) is 6.19. The molecule has 8 heteroatoms. The van der Waals surface area contributed by atoms with Crippen LogP contribution in [0.2, 0.25) is 0 Å². The lowest BCUT2D eigenvalue weighted by Crippen LogP contribution is -2.63. The summed E-state index contributed by atoms with van der Waals surface area (Å²) in [7, 11) is 1.55. The maximum atomic E-state index is 12.0. The van der Waals surface area contributed by atoms with Crippen molar-refractivity contribution in [3.63, 3.8) is 0 Å². The Hall–Kier alpha value is -2.38. The molecule has 2 N–H and O–H groups in total. The second-order valence-electron chi connectivity index (χ2n) is 4.64. The van der Waals surface area contributed by atoms with Crippen molar-refractivity contribution in [1.29, 1.82) is 0 Å². The molecule has 2 aliphatic heterocycles. The third-order valence-electron chi connectivity index (χ3n) is 3.34. The van der Waals surface area contributed by atoms with E-state index < -0.39 is 30.1 Å². The number of nitrogens with one attached hydrogen (secondary N) is 1. The maximum absolute atomic E-state index is 12.0. The molecule has 0 spiro atoms. The number of carboxylic acid groups (broad SMARTS) is 1. The zero-order valence-electron chi connectivity index (χ0n) is 11.1. The van der Waals surface area contributed by atoms with E-state index in [-0.39, 0.29) is 12.8 Å². The summed E-state index contributed by atoms with van der Waals surface area (Å²) in [5, 5.41) is 11.0. The lowest BCUT2D eigenvalue weighted by Gasteiger charge is -2.36. The number of amides is 3. The molecule has 0 aromatic rings. The number of hydrogen-bond acceptors (Lipinski definition) is 5. The van der Waals surface area contributed by atoms with Crippen molar-refractivity contribution >= 4 is 23.7 Å². The Morgan fingerprint density at radius 3 is 2.85 bits per heavy atom. The third kappa shape index (κ3) is 2.36. The molecule has 0 aliphatic carbocycles. The van der Waals surface area contributed by atoms with E-state index in [0.717, 1.165) is 0 Å². The van der Waals surface area contributed by atoms with Gasteiger partial charge in [-0.2, -0.15) is 0 Å². The van der Waals surface area contributed by atoms with Crippen molar-refractivity contribution in [2.45, 2.75) is 25.0 Å². The van der Waals surface area contributed by atoms with Crippen LogP contribution in [0.5, 0.6) is 0 Å². The Morgan fingerprint density at radius 2 is 2.25 bits per heavy atom. The topological polar surface area (TPSA) is 102 Å². The number of imide groups is 1. The number of carboxylic acids is 1. The molecular formula is C12H16N4O4. The van der Waals surface area contributed by atoms with Crippen molar-refractivity contribution in [3.05, 3.63) is 12.7 Å². The van der Waals surface area contributed by atoms with Crippen LogP contribution in [-0.4, -0.2) is 64.4 Å². The third-order valence-corrected chi connectivity index (χ3v) is 3.34. The number of nitrogens with zero attached hydrogens (tertiary/aromatic N) is 3. The number of aliphatic carboxylic acids is 1. The minimum absolute atomic E-state index is 0.0782. The predicted octanol–water partition coefficient (Wildman–Crippen LogP) is -0.372. The number of carbonyl (C=O) groups is 3. The summed E-state index contributed by atoms with van der Waals surface area (Å²) >= 11 is 0. The van der Waals surface area contributed by atoms with E-state index in [4.69, 9.17) is 5.11 Å². The number of hydrogen-bond donors (Lipinski definition) is 2. The van der Waals surface area contributed by atoms with Gasteiger partial charge in [0.05, 0.1) is 6.42 Å². The average molecular weight is 280 g/mol. The summed E-state index contributed by atoms with van der Waals surface area (Å²) in [6, 6.07) is -1.13. The lowest BCUT2D eigenvalue weighted by atomic mass is 10.1. The molecule has 0 aromatic heterocycles. The fourth-order valence-corrected chi connectivity index (χ4v) is 2.37. The van der Waals surface area contributed by atoms with Crippen LogP contribution in [0.3, 0.4) is 0 Å². The first-order valence-corrected chi connectivity index (χ1v) is 6.19. The highest BCUT2D eigenvalue weighted by atomic mass is 16.4. The molecule has 20 heavy (non-hydrogen) atoms. The quantitative estimate of drug-likeness (QED) is 0.669. The van der Waals surface area contributed by atoms with Crippen LogP contribution < -0.4 is 5.32 Å². The summed E-state index contributed by atoms with van der Waals surface area (Å²) in [5.74, 6) is -0.844. The highest BCUT2D eigenvalue weighted by Crippen LogP contribution is 2.25. The summed E-state index contributed by atoms with van der Waals surface area (Å²) < 4.78 is 0. The van der Waals surface area contributed by atoms with Crippen molar-refractivity contribution in [1.82, 2.24) is 15.1 Å². The minimum atomic E-state index is -0.935. The Labute approximate surface area is 115 Å². The molecule has 0 bridgehead atoms. The molecule has 0 radical (unpaired) electrons. The van der Waals surface area contributed by atoms with E-state index in [2.05, 4.69) is 16.9 Å². The average Bonchev–Trinajstić information content (AvgIpc) is 2.74. The number of amidine groups is 1. The van der Waals surface area contributed by atoms with E-state index in [1.165, 1.54) is 4.90 Å². The minimum Gasteiger partial charge on any atom is -0.481 e. The first kappa shape index (κ1) is 14.0. The predicted molar refractivity (Wildman–Crippen MR) is 70.1 cm³/mol. The van der Waals surface area contributed by atoms with Gasteiger partial charge in [-0.25, -0.2) is 9.79 Å². The summed E-state index contributed by atoms with van der Waals surface area (Å²) in [4.78, 5) is 41.6. The Morgan fingerprint density at radius 1 is 1.55 bits per heavy atom. The van der Waals surface area contributed by atoms with Crippen molar-refractivity contribution in [2.75, 3.05) is 13.6 Å². The number of aliphatic imine (C=N–C) groups is 1. The number of fused-ring (bicyclic) bond motifs is 1. The summed E-state index contributed by atoms with van der Waals surface area (Å²) in [6.07, 6.45) is 1.14. The van der Waals surface area contributed by atoms with E-state index >= 15 is 0 Å². The first-order chi connectivity index (χ1) is 9.45. The number of carbonyl (C=O) groups excluding carboxylic acids is 2. The van der Waals surface area contributed by atoms with E-state index in [1.54, 1.807) is 18.0 Å². The van der Waals surface area contributed by atoms with Crippen molar-refractivity contribution in [3.8, 4) is 0 Å². The Bertz CT molecular complexity index is 502. The van der Waals surface area contributed by atoms with Gasteiger partial charge in [0.15, 0.2) is 12.2 Å². The van der Waals surface area contributed by atoms with E-state index in [9.17, 15) is 14.4 Å². The maximum Gasteiger partial charge on any atom is 0.325 e. The van der Waals surface area contributed by atoms with Gasteiger partial charge in [0.2, 0.25) is 0 Å². The number of urea groups is 1. The summed E-state index contributed by atoms with van der Waals surface area (Å²) in [5.41, 5.74) is 0. The molecule has 108 valence electrons. The molecule has 0 saturated carbocycles. The van der Waals surface area contributed by atoms with Gasteiger partial charge >= 0.3 is 12.0 Å². The molecule has 8 nitrogen and oxygen atoms in total. The Balaban J connectivity index is 2.26. The van der Waals surface area contributed by atoms with Gasteiger partial charge < -0.3 is 14.9 Å². The highest BCUT2D eigenvalue weighted by Gasteiger charge is 2.47. The zero-order valence-corrected chi connectivity index (χ0v) is 11.1. The number of likely N-dealkylation sites (N-methyl/N-ethyl adjacent to an activating group) is 1. The second-order valence-corrected chi connectivity index (χ2v) is 4.64. The summed E-state index contributed by atoms with van der Waals surface area (Å²) in [6.45, 7) is 4.00. The molecule has 1 fully saturated rings. The molecule has 0 aromatic carbocycles. The van der Waals surface area contributed by atoms with Gasteiger partial charge in [-0.15, -0.1) is 6.58 Å². The highest BCUT2D eigenvalue weighted by molar-refractivity contribution is 6.04. The molecule has 2 atom stereocenters. The van der Waals surface area contributed by atoms with Crippen LogP contribution >= 0.6 is 0 Å². The fraction of sp³-hybridized carbons (Fsp3) is 0.500. The van der Waals surface area contributed by atoms with Crippen molar-refractivity contribution < 1.29 is 19.5 Å². The molecule has 2 heterocycles. The van der Waals surface area contributed by atoms with Gasteiger partial charge in [-0.3, -0.25) is 14.9 Å². The van der Waals surface area contributed by atoms with Crippen LogP contribution in [0.25, 0.3) is 0 Å². The van der Waals surface area contributed by atoms with Gasteiger partial charge in [-0.1, -0.05) is 6.08 Å². The van der Waals surface area contributed by atoms with Crippen LogP contribution in [0.4, 0.5) is 4.79 Å². The zero-order chi connectivity index (χ0) is 14.9. The van der Waals surface area contributed by atoms with Crippen LogP contribution in [0.1, 0.15) is 12.8 Å². The largest absolute Gasteiger partial charge is 0.481 e. The smallest absolute Gasteiger partial charge is 0.325 e. The molecule has 3 amide bonds. The lowest BCUT2D eigenvalue weighted by molar-refractivity contribution is -0.136. The van der Waals surface area contributed by atoms with Crippen LogP contribution in [0.15, 0.2) is 17.6 Å². The van der Waals surface area contributed by atoms with Gasteiger partial charge in [0.1, 0.15) is 5.84 Å². The molecule has 2 aliphatic rings. The van der Waals surface area contributed by atoms with Crippen LogP contribution in [-0.2, 0) is 9.59 Å². The fourth-order valence-electron chi connectivity index (χ4n) is 2.37. The van der Waals surface area contributed by atoms with Crippen molar-refractivity contribution in [2.24, 2.45) is 4.99 Å². The molecule has 2 unspecified atom stereocenters. The number of rotatable bonds is 5. The monoisotopic (exact) mass is 280 g/mol. The molecule has 2 rings (SSSR count). The Kier molecular flexibility index (Phi) is 3.73. The van der Waals surface area contributed by atoms with E-state index in [0.29, 0.717) is 12.4 Å². The SMILES string of the molecule is C=CCN1C(CCC(=O)O)=NC2C1C(=O)NC(=O)N2C. The van der Waals surface area contributed by atoms with E-state index in [1.807, 2.05) is 0 Å². The van der Waals surface area contributed by atoms with Gasteiger partial charge in [0.25, 0.3) is 5.91 Å². The normalized spacial score (nSPS) is 25.1. The van der Waals surface area contributed by atoms with Gasteiger partial charge in [0, 0.05) is 20.0 Å². The standard InChI is InChI=1S/C12H16N4O4/c1-3-6-16-7(4-5-8(17)18)13-10-9(16)11(19)14-12(20)15(10)2/h3,9-10H,1,4-6H2,2H3,(H,17,18)(H,14,19,20). The second kappa shape index (κ2) is 5.32. The van der Waals surface area contributed by atoms with Crippen LogP contribution in [0, 0.1) is 0 Å².